The number of amides is 3. The zero-order valence-electron chi connectivity index (χ0n) is 15.5. The highest BCUT2D eigenvalue weighted by atomic mass is 16.4. The highest BCUT2D eigenvalue weighted by Crippen LogP contribution is 2.42. The molecule has 2 atom stereocenters. The quantitative estimate of drug-likeness (QED) is 0.650. The number of imide groups is 1. The molecule has 3 amide bonds. The van der Waals surface area contributed by atoms with E-state index in [1.165, 1.54) is 6.20 Å². The van der Waals surface area contributed by atoms with Crippen molar-refractivity contribution in [2.24, 2.45) is 5.41 Å². The van der Waals surface area contributed by atoms with Crippen LogP contribution in [-0.2, 0) is 22.4 Å². The topological polar surface area (TPSA) is 126 Å². The van der Waals surface area contributed by atoms with E-state index in [4.69, 9.17) is 5.73 Å². The van der Waals surface area contributed by atoms with E-state index in [0.29, 0.717) is 24.3 Å². The molecule has 2 aromatic rings. The summed E-state index contributed by atoms with van der Waals surface area (Å²) in [5.74, 6) is -1.40. The first-order valence-corrected chi connectivity index (χ1v) is 8.91. The second-order valence-corrected chi connectivity index (χ2v) is 7.07. The Labute approximate surface area is 162 Å². The number of urea groups is 1. The Morgan fingerprint density at radius 1 is 1.21 bits per heavy atom. The number of likely N-dealkylation sites (tertiary alicyclic amines) is 1. The van der Waals surface area contributed by atoms with E-state index in [2.05, 4.69) is 10.3 Å². The minimum absolute atomic E-state index is 0.157. The van der Waals surface area contributed by atoms with Gasteiger partial charge in [0.2, 0.25) is 5.91 Å². The number of hydrogen-bond acceptors (Lipinski definition) is 5. The smallest absolute Gasteiger partial charge is 0.328 e. The monoisotopic (exact) mass is 382 g/mol. The van der Waals surface area contributed by atoms with E-state index in [1.54, 1.807) is 19.1 Å². The van der Waals surface area contributed by atoms with Gasteiger partial charge >= 0.3 is 12.0 Å². The lowest BCUT2D eigenvalue weighted by Crippen LogP contribution is -2.74. The number of β-lactam (4-membered cyclic amide) rings is 1. The predicted octanol–water partition coefficient (Wildman–Crippen LogP) is 1.46. The summed E-state index contributed by atoms with van der Waals surface area (Å²) in [6.45, 7) is 1.86. The number of aromatic nitrogens is 1. The molecule has 3 rings (SSSR count). The average molecular weight is 382 g/mol. The number of benzene rings is 1. The number of pyridine rings is 1. The Morgan fingerprint density at radius 2 is 1.93 bits per heavy atom. The SMILES string of the molecule is CC1(Cc2ccc(N)nc2)C(=O)N(C(=O)NCCc2ccccc2)C1C(=O)O. The number of carboxylic acid groups (broad SMARTS) is 1. The number of carbonyl (C=O) groups excluding carboxylic acids is 2. The normalized spacial score (nSPS) is 21.1. The fourth-order valence-corrected chi connectivity index (χ4v) is 3.50. The first kappa shape index (κ1) is 19.3. The van der Waals surface area contributed by atoms with Crippen molar-refractivity contribution in [2.75, 3.05) is 12.3 Å². The van der Waals surface area contributed by atoms with E-state index in [9.17, 15) is 19.5 Å². The first-order chi connectivity index (χ1) is 13.3. The second kappa shape index (κ2) is 7.67. The number of carbonyl (C=O) groups is 3. The largest absolute Gasteiger partial charge is 0.480 e. The molecule has 1 fully saturated rings. The number of nitrogens with one attached hydrogen (secondary N) is 1. The number of hydrogen-bond donors (Lipinski definition) is 3. The third-order valence-corrected chi connectivity index (χ3v) is 4.97. The van der Waals surface area contributed by atoms with Crippen LogP contribution in [0.25, 0.3) is 0 Å². The van der Waals surface area contributed by atoms with Gasteiger partial charge in [0.05, 0.1) is 5.41 Å². The number of carboxylic acids is 1. The minimum atomic E-state index is -1.24. The van der Waals surface area contributed by atoms with Gasteiger partial charge in [0.25, 0.3) is 0 Å². The summed E-state index contributed by atoms with van der Waals surface area (Å²) in [4.78, 5) is 41.7. The molecular weight excluding hydrogens is 360 g/mol. The van der Waals surface area contributed by atoms with Crippen molar-refractivity contribution in [2.45, 2.75) is 25.8 Å². The highest BCUT2D eigenvalue weighted by molar-refractivity contribution is 6.09. The summed E-state index contributed by atoms with van der Waals surface area (Å²) in [5.41, 5.74) is 6.05. The zero-order chi connectivity index (χ0) is 20.3. The average Bonchev–Trinajstić information content (AvgIpc) is 2.67. The van der Waals surface area contributed by atoms with Crippen LogP contribution in [0.1, 0.15) is 18.1 Å². The summed E-state index contributed by atoms with van der Waals surface area (Å²) in [6.07, 6.45) is 2.25. The van der Waals surface area contributed by atoms with Crippen LogP contribution in [0.4, 0.5) is 10.6 Å². The van der Waals surface area contributed by atoms with Gasteiger partial charge in [-0.15, -0.1) is 0 Å². The number of rotatable bonds is 6. The molecule has 1 saturated heterocycles. The van der Waals surface area contributed by atoms with Crippen molar-refractivity contribution in [3.63, 3.8) is 0 Å². The lowest BCUT2D eigenvalue weighted by atomic mass is 9.68. The van der Waals surface area contributed by atoms with Crippen molar-refractivity contribution in [1.29, 1.82) is 0 Å². The molecule has 0 saturated carbocycles. The van der Waals surface area contributed by atoms with Crippen molar-refractivity contribution in [3.05, 3.63) is 59.8 Å². The number of nitrogen functional groups attached to an aromatic ring is 1. The second-order valence-electron chi connectivity index (χ2n) is 7.07. The Balaban J connectivity index is 1.66. The minimum Gasteiger partial charge on any atom is -0.480 e. The van der Waals surface area contributed by atoms with E-state index < -0.39 is 29.4 Å². The third-order valence-electron chi connectivity index (χ3n) is 4.97. The van der Waals surface area contributed by atoms with Gasteiger partial charge in [-0.25, -0.2) is 19.5 Å². The summed E-state index contributed by atoms with van der Waals surface area (Å²) >= 11 is 0. The van der Waals surface area contributed by atoms with Crippen molar-refractivity contribution in [1.82, 2.24) is 15.2 Å². The van der Waals surface area contributed by atoms with Crippen LogP contribution < -0.4 is 11.1 Å². The molecule has 28 heavy (non-hydrogen) atoms. The van der Waals surface area contributed by atoms with Gasteiger partial charge < -0.3 is 16.2 Å². The maximum absolute atomic E-state index is 12.7. The molecule has 1 aliphatic rings. The fourth-order valence-electron chi connectivity index (χ4n) is 3.50. The molecule has 8 nitrogen and oxygen atoms in total. The van der Waals surface area contributed by atoms with Gasteiger partial charge in [0.15, 0.2) is 6.04 Å². The van der Waals surface area contributed by atoms with E-state index in [0.717, 1.165) is 10.5 Å². The lowest BCUT2D eigenvalue weighted by Gasteiger charge is -2.50. The summed E-state index contributed by atoms with van der Waals surface area (Å²) in [7, 11) is 0. The molecule has 2 heterocycles. The van der Waals surface area contributed by atoms with Crippen molar-refractivity contribution in [3.8, 4) is 0 Å². The van der Waals surface area contributed by atoms with Crippen molar-refractivity contribution >= 4 is 23.7 Å². The molecule has 0 bridgehead atoms. The van der Waals surface area contributed by atoms with Crippen LogP contribution in [0, 0.1) is 5.41 Å². The van der Waals surface area contributed by atoms with E-state index in [-0.39, 0.29) is 6.42 Å². The fraction of sp³-hybridized carbons (Fsp3) is 0.300. The third kappa shape index (κ3) is 3.66. The van der Waals surface area contributed by atoms with Gasteiger partial charge in [-0.2, -0.15) is 0 Å². The molecule has 0 spiro atoms. The molecule has 146 valence electrons. The van der Waals surface area contributed by atoms with Gasteiger partial charge in [-0.05, 0) is 37.0 Å². The Hall–Kier alpha value is -3.42. The van der Waals surface area contributed by atoms with Crippen LogP contribution in [0.5, 0.6) is 0 Å². The molecule has 1 aliphatic heterocycles. The molecule has 8 heteroatoms. The summed E-state index contributed by atoms with van der Waals surface area (Å²) < 4.78 is 0. The standard InChI is InChI=1S/C20H22N4O4/c1-20(11-14-7-8-15(21)23-12-14)16(17(25)26)24(18(20)27)19(28)22-10-9-13-5-3-2-4-6-13/h2-8,12,16H,9-11H2,1H3,(H2,21,23)(H,22,28)(H,25,26). The molecule has 1 aromatic carbocycles. The van der Waals surface area contributed by atoms with Gasteiger partial charge in [0, 0.05) is 12.7 Å². The summed E-state index contributed by atoms with van der Waals surface area (Å²) in [6, 6.07) is 10.9. The molecule has 0 aliphatic carbocycles. The Morgan fingerprint density at radius 3 is 2.54 bits per heavy atom. The van der Waals surface area contributed by atoms with Crippen LogP contribution >= 0.6 is 0 Å². The lowest BCUT2D eigenvalue weighted by molar-refractivity contribution is -0.176. The van der Waals surface area contributed by atoms with Crippen molar-refractivity contribution < 1.29 is 19.5 Å². The Kier molecular flexibility index (Phi) is 5.30. The molecule has 0 radical (unpaired) electrons. The highest BCUT2D eigenvalue weighted by Gasteiger charge is 2.63. The van der Waals surface area contributed by atoms with Crippen LogP contribution in [0.2, 0.25) is 0 Å². The maximum Gasteiger partial charge on any atom is 0.328 e. The molecule has 4 N–H and O–H groups in total. The Bertz CT molecular complexity index is 885. The van der Waals surface area contributed by atoms with E-state index in [1.807, 2.05) is 30.3 Å². The first-order valence-electron chi connectivity index (χ1n) is 8.91. The maximum atomic E-state index is 12.7. The van der Waals surface area contributed by atoms with E-state index >= 15 is 0 Å². The molecule has 1 aromatic heterocycles. The number of nitrogens with zero attached hydrogens (tertiary/aromatic N) is 2. The van der Waals surface area contributed by atoms with Gasteiger partial charge in [-0.3, -0.25) is 4.79 Å². The number of anilines is 1. The summed E-state index contributed by atoms with van der Waals surface area (Å²) in [5, 5.41) is 12.3. The van der Waals surface area contributed by atoms with Crippen LogP contribution in [-0.4, -0.2) is 45.5 Å². The zero-order valence-corrected chi connectivity index (χ0v) is 15.5. The predicted molar refractivity (Wildman–Crippen MR) is 102 cm³/mol. The van der Waals surface area contributed by atoms with Gasteiger partial charge in [0.1, 0.15) is 5.82 Å². The molecule has 2 unspecified atom stereocenters. The number of aliphatic carboxylic acids is 1. The molecular formula is C20H22N4O4. The van der Waals surface area contributed by atoms with Crippen LogP contribution in [0.3, 0.4) is 0 Å². The van der Waals surface area contributed by atoms with Gasteiger partial charge in [-0.1, -0.05) is 36.4 Å². The van der Waals surface area contributed by atoms with Crippen LogP contribution in [0.15, 0.2) is 48.7 Å². The number of nitrogens with two attached hydrogens (primary N) is 1.